The van der Waals surface area contributed by atoms with E-state index in [1.807, 2.05) is 13.0 Å². The van der Waals surface area contributed by atoms with Crippen LogP contribution in [0.25, 0.3) is 0 Å². The predicted molar refractivity (Wildman–Crippen MR) is 116 cm³/mol. The minimum Gasteiger partial charge on any atom is -0.327 e. The van der Waals surface area contributed by atoms with E-state index in [2.05, 4.69) is 23.4 Å². The van der Waals surface area contributed by atoms with Crippen molar-refractivity contribution in [3.05, 3.63) is 69.8 Å². The van der Waals surface area contributed by atoms with Gasteiger partial charge in [-0.05, 0) is 30.7 Å². The fourth-order valence-electron chi connectivity index (χ4n) is 2.33. The molecule has 1 atom stereocenters. The second kappa shape index (κ2) is 9.53. The van der Waals surface area contributed by atoms with E-state index in [0.717, 1.165) is 11.6 Å². The van der Waals surface area contributed by atoms with Crippen LogP contribution in [-0.2, 0) is 0 Å². The van der Waals surface area contributed by atoms with E-state index < -0.39 is 32.5 Å². The number of thiol groups is 1. The number of alkyl halides is 3. The van der Waals surface area contributed by atoms with Crippen molar-refractivity contribution in [3.8, 4) is 0 Å². The molecule has 0 radical (unpaired) electrons. The summed E-state index contributed by atoms with van der Waals surface area (Å²) in [5, 5.41) is 16.0. The van der Waals surface area contributed by atoms with Gasteiger partial charge in [0.2, 0.25) is 3.79 Å². The van der Waals surface area contributed by atoms with E-state index in [4.69, 9.17) is 34.8 Å². The molecular formula is C17H15Cl3N4O4S. The lowest BCUT2D eigenvalue weighted by Crippen LogP contribution is -2.54. The maximum atomic E-state index is 12.6. The van der Waals surface area contributed by atoms with E-state index in [-0.39, 0.29) is 5.56 Å². The highest BCUT2D eigenvalue weighted by Gasteiger charge is 2.41. The van der Waals surface area contributed by atoms with Crippen LogP contribution >= 0.6 is 47.6 Å². The van der Waals surface area contributed by atoms with E-state index in [0.29, 0.717) is 9.99 Å². The van der Waals surface area contributed by atoms with E-state index >= 15 is 0 Å². The molecule has 0 aliphatic heterocycles. The van der Waals surface area contributed by atoms with Crippen LogP contribution in [0.2, 0.25) is 0 Å². The Morgan fingerprint density at radius 2 is 1.83 bits per heavy atom. The largest absolute Gasteiger partial charge is 0.333 e. The molecule has 3 amide bonds. The first-order chi connectivity index (χ1) is 13.5. The van der Waals surface area contributed by atoms with Crippen molar-refractivity contribution in [1.82, 2.24) is 9.62 Å². The Morgan fingerprint density at radius 3 is 2.41 bits per heavy atom. The number of nitrogens with one attached hydrogen (secondary N) is 2. The van der Waals surface area contributed by atoms with Crippen LogP contribution < -0.4 is 10.6 Å². The van der Waals surface area contributed by atoms with Gasteiger partial charge in [0.05, 0.1) is 4.92 Å². The lowest BCUT2D eigenvalue weighted by atomic mass is 10.1. The molecule has 0 saturated carbocycles. The number of nitro groups is 1. The van der Waals surface area contributed by atoms with Crippen molar-refractivity contribution in [1.29, 1.82) is 0 Å². The summed E-state index contributed by atoms with van der Waals surface area (Å²) >= 11 is 21.8. The van der Waals surface area contributed by atoms with Crippen LogP contribution in [0.3, 0.4) is 0 Å². The normalized spacial score (nSPS) is 12.0. The fraction of sp³-hybridized carbons (Fsp3) is 0.176. The molecule has 1 unspecified atom stereocenters. The highest BCUT2D eigenvalue weighted by Crippen LogP contribution is 2.34. The number of nitro benzene ring substituents is 1. The lowest BCUT2D eigenvalue weighted by Gasteiger charge is -2.32. The average Bonchev–Trinajstić information content (AvgIpc) is 2.64. The summed E-state index contributed by atoms with van der Waals surface area (Å²) in [5.41, 5.74) is 0.652. The van der Waals surface area contributed by atoms with Crippen molar-refractivity contribution < 1.29 is 14.5 Å². The molecule has 0 bridgehead atoms. The average molecular weight is 478 g/mol. The van der Waals surface area contributed by atoms with Crippen molar-refractivity contribution in [2.24, 2.45) is 0 Å². The van der Waals surface area contributed by atoms with Crippen LogP contribution in [-0.4, -0.2) is 31.1 Å². The number of benzene rings is 2. The van der Waals surface area contributed by atoms with Crippen LogP contribution in [0.1, 0.15) is 15.9 Å². The van der Waals surface area contributed by atoms with Crippen molar-refractivity contribution in [3.63, 3.8) is 0 Å². The Kier molecular flexibility index (Phi) is 7.59. The van der Waals surface area contributed by atoms with Crippen molar-refractivity contribution >= 4 is 70.9 Å². The van der Waals surface area contributed by atoms with Gasteiger partial charge in [-0.1, -0.05) is 71.9 Å². The lowest BCUT2D eigenvalue weighted by molar-refractivity contribution is -0.385. The third kappa shape index (κ3) is 6.14. The molecule has 0 aromatic heterocycles. The molecule has 2 N–H and O–H groups in total. The number of amides is 3. The van der Waals surface area contributed by atoms with Gasteiger partial charge >= 0.3 is 6.03 Å². The van der Waals surface area contributed by atoms with Gasteiger partial charge in [-0.15, -0.1) is 0 Å². The Labute approximate surface area is 186 Å². The van der Waals surface area contributed by atoms with E-state index in [9.17, 15) is 19.7 Å². The summed E-state index contributed by atoms with van der Waals surface area (Å²) in [6.07, 6.45) is -1.55. The quantitative estimate of drug-likeness (QED) is 0.191. The van der Waals surface area contributed by atoms with Crippen molar-refractivity contribution in [2.75, 3.05) is 5.32 Å². The van der Waals surface area contributed by atoms with Crippen molar-refractivity contribution in [2.45, 2.75) is 16.9 Å². The Morgan fingerprint density at radius 1 is 1.17 bits per heavy atom. The van der Waals surface area contributed by atoms with Gasteiger partial charge in [0.25, 0.3) is 11.6 Å². The van der Waals surface area contributed by atoms with Gasteiger partial charge in [0.15, 0.2) is 6.17 Å². The second-order valence-corrected chi connectivity index (χ2v) is 8.64. The Hall–Kier alpha value is -2.20. The monoisotopic (exact) mass is 476 g/mol. The smallest absolute Gasteiger partial charge is 0.327 e. The molecule has 154 valence electrons. The van der Waals surface area contributed by atoms with E-state index in [1.165, 1.54) is 18.2 Å². The number of anilines is 1. The summed E-state index contributed by atoms with van der Waals surface area (Å²) in [6, 6.07) is 11.4. The third-order valence-electron chi connectivity index (χ3n) is 3.65. The maximum absolute atomic E-state index is 12.6. The summed E-state index contributed by atoms with van der Waals surface area (Å²) in [5.74, 6) is -0.920. The molecule has 0 aliphatic rings. The highest BCUT2D eigenvalue weighted by atomic mass is 35.6. The molecular weight excluding hydrogens is 463 g/mol. The minimum absolute atomic E-state index is 0.266. The highest BCUT2D eigenvalue weighted by molar-refractivity contribution is 7.78. The van der Waals surface area contributed by atoms with Crippen LogP contribution in [0, 0.1) is 17.0 Å². The number of hydrogen-bond donors (Lipinski definition) is 3. The number of aryl methyl sites for hydroxylation is 1. The number of carbonyl (C=O) groups is 2. The zero-order valence-corrected chi connectivity index (χ0v) is 18.0. The van der Waals surface area contributed by atoms with Gasteiger partial charge in [-0.2, -0.15) is 0 Å². The number of hydrogen-bond acceptors (Lipinski definition) is 5. The number of para-hydroxylation sites is 1. The molecule has 2 aromatic rings. The number of halogens is 3. The number of urea groups is 1. The van der Waals surface area contributed by atoms with E-state index in [1.54, 1.807) is 18.2 Å². The third-order valence-corrected chi connectivity index (χ3v) is 4.68. The maximum Gasteiger partial charge on any atom is 0.333 e. The van der Waals surface area contributed by atoms with Gasteiger partial charge in [-0.3, -0.25) is 14.9 Å². The van der Waals surface area contributed by atoms with Crippen LogP contribution in [0.15, 0.2) is 48.5 Å². The molecule has 0 fully saturated rings. The van der Waals surface area contributed by atoms with Gasteiger partial charge < -0.3 is 10.6 Å². The summed E-state index contributed by atoms with van der Waals surface area (Å²) in [4.78, 5) is 35.5. The van der Waals surface area contributed by atoms with Gasteiger partial charge in [0, 0.05) is 11.8 Å². The Balaban J connectivity index is 2.24. The van der Waals surface area contributed by atoms with Gasteiger partial charge in [-0.25, -0.2) is 9.10 Å². The molecule has 2 rings (SSSR count). The first kappa shape index (κ1) is 23.1. The molecule has 29 heavy (non-hydrogen) atoms. The molecule has 8 nitrogen and oxygen atoms in total. The zero-order valence-electron chi connectivity index (χ0n) is 14.8. The van der Waals surface area contributed by atoms with Gasteiger partial charge in [0.1, 0.15) is 5.56 Å². The SMILES string of the molecule is Cc1cccc(NC(=O)N(S)C(NC(=O)c2ccccc2[N+](=O)[O-])C(Cl)(Cl)Cl)c1. The summed E-state index contributed by atoms with van der Waals surface area (Å²) in [7, 11) is 0. The Bertz CT molecular complexity index is 939. The van der Waals surface area contributed by atoms with Crippen LogP contribution in [0.4, 0.5) is 16.2 Å². The molecule has 0 heterocycles. The number of nitrogens with zero attached hydrogens (tertiary/aromatic N) is 2. The summed E-state index contributed by atoms with van der Waals surface area (Å²) in [6.45, 7) is 1.84. The minimum atomic E-state index is -2.19. The molecule has 0 saturated heterocycles. The first-order valence-electron chi connectivity index (χ1n) is 7.97. The predicted octanol–water partition coefficient (Wildman–Crippen LogP) is 4.71. The molecule has 0 aliphatic carbocycles. The summed E-state index contributed by atoms with van der Waals surface area (Å²) < 4.78 is -1.51. The molecule has 0 spiro atoms. The van der Waals surface area contributed by atoms with Crippen LogP contribution in [0.5, 0.6) is 0 Å². The zero-order chi connectivity index (χ0) is 21.8. The second-order valence-electron chi connectivity index (χ2n) is 5.84. The molecule has 2 aromatic carbocycles. The number of carbonyl (C=O) groups excluding carboxylic acids is 2. The number of rotatable bonds is 5. The first-order valence-corrected chi connectivity index (χ1v) is 9.51. The fourth-order valence-corrected chi connectivity index (χ4v) is 3.27. The molecule has 12 heteroatoms. The standard InChI is InChI=1S/C17H15Cl3N4O4S/c1-10-5-4-6-11(9-10)21-16(26)23(29)15(17(18,19)20)22-14(25)12-7-2-3-8-13(12)24(27)28/h2-9,15,29H,1H3,(H,21,26)(H,22,25). The topological polar surface area (TPSA) is 105 Å².